The van der Waals surface area contributed by atoms with Crippen LogP contribution in [0.1, 0.15) is 15.9 Å². The average molecular weight is 630 g/mol. The van der Waals surface area contributed by atoms with Crippen molar-refractivity contribution in [1.29, 1.82) is 0 Å². The van der Waals surface area contributed by atoms with Crippen molar-refractivity contribution in [2.75, 3.05) is 34.8 Å². The normalized spacial score (nSPS) is 11.4. The van der Waals surface area contributed by atoms with Crippen LogP contribution in [0, 0.1) is 0 Å². The Labute approximate surface area is 250 Å². The van der Waals surface area contributed by atoms with Crippen LogP contribution in [-0.2, 0) is 26.6 Å². The minimum Gasteiger partial charge on any atom is -0.497 e. The van der Waals surface area contributed by atoms with Crippen LogP contribution in [0.15, 0.2) is 95.9 Å². The van der Waals surface area contributed by atoms with Crippen LogP contribution in [0.4, 0.5) is 17.1 Å². The van der Waals surface area contributed by atoms with Gasteiger partial charge >= 0.3 is 0 Å². The molecule has 4 aromatic rings. The summed E-state index contributed by atoms with van der Waals surface area (Å²) >= 11 is 6.22. The molecule has 42 heavy (non-hydrogen) atoms. The second-order valence-electron chi connectivity index (χ2n) is 9.06. The van der Waals surface area contributed by atoms with Crippen LogP contribution >= 0.6 is 11.6 Å². The maximum Gasteiger partial charge on any atom is 0.262 e. The van der Waals surface area contributed by atoms with Crippen LogP contribution in [-0.4, -0.2) is 43.2 Å². The summed E-state index contributed by atoms with van der Waals surface area (Å²) in [4.78, 5) is 12.8. The zero-order chi connectivity index (χ0) is 30.5. The first-order valence-corrected chi connectivity index (χ1v) is 16.1. The predicted molar refractivity (Wildman–Crippen MR) is 164 cm³/mol. The average Bonchev–Trinajstić information content (AvgIpc) is 2.96. The first kappa shape index (κ1) is 30.7. The van der Waals surface area contributed by atoms with E-state index in [0.717, 1.165) is 6.26 Å². The van der Waals surface area contributed by atoms with Gasteiger partial charge in [-0.3, -0.25) is 13.8 Å². The Morgan fingerprint density at radius 3 is 2.12 bits per heavy atom. The Balaban J connectivity index is 1.46. The summed E-state index contributed by atoms with van der Waals surface area (Å²) in [6, 6.07) is 23.4. The Morgan fingerprint density at radius 1 is 0.857 bits per heavy atom. The fourth-order valence-electron chi connectivity index (χ4n) is 3.98. The quantitative estimate of drug-likeness (QED) is 0.228. The fourth-order valence-corrected chi connectivity index (χ4v) is 6.11. The molecular weight excluding hydrogens is 602 g/mol. The van der Waals surface area contributed by atoms with E-state index in [1.807, 2.05) is 0 Å². The lowest BCUT2D eigenvalue weighted by molar-refractivity contribution is 0.102. The number of ether oxygens (including phenoxy) is 2. The molecule has 0 aliphatic heterocycles. The minimum atomic E-state index is -3.98. The van der Waals surface area contributed by atoms with E-state index < -0.39 is 26.0 Å². The molecule has 220 valence electrons. The Morgan fingerprint density at radius 2 is 1.52 bits per heavy atom. The number of hydrogen-bond donors (Lipinski definition) is 2. The number of carbonyl (C=O) groups is 1. The second kappa shape index (κ2) is 12.7. The Bertz CT molecular complexity index is 1800. The predicted octanol–water partition coefficient (Wildman–Crippen LogP) is 5.38. The number of rotatable bonds is 11. The number of nitrogens with one attached hydrogen (secondary N) is 2. The number of carbonyl (C=O) groups excluding carboxylic acids is 1. The molecule has 4 rings (SSSR count). The van der Waals surface area contributed by atoms with Gasteiger partial charge in [0.15, 0.2) is 0 Å². The number of nitrogens with zero attached hydrogens (tertiary/aromatic N) is 1. The largest absolute Gasteiger partial charge is 0.497 e. The van der Waals surface area contributed by atoms with Gasteiger partial charge in [0.05, 0.1) is 43.3 Å². The van der Waals surface area contributed by atoms with Gasteiger partial charge in [0, 0.05) is 22.3 Å². The lowest BCUT2D eigenvalue weighted by atomic mass is 10.1. The topological polar surface area (TPSA) is 131 Å². The number of sulfonamides is 2. The number of anilines is 3. The van der Waals surface area contributed by atoms with Gasteiger partial charge in [-0.25, -0.2) is 16.8 Å². The molecule has 0 aromatic heterocycles. The summed E-state index contributed by atoms with van der Waals surface area (Å²) in [7, 11) is -4.74. The summed E-state index contributed by atoms with van der Waals surface area (Å²) in [6.07, 6.45) is 1.09. The van der Waals surface area contributed by atoms with E-state index >= 15 is 0 Å². The molecule has 0 aliphatic rings. The molecule has 0 radical (unpaired) electrons. The highest BCUT2D eigenvalue weighted by Gasteiger charge is 2.20. The minimum absolute atomic E-state index is 0.0265. The molecule has 0 bridgehead atoms. The van der Waals surface area contributed by atoms with E-state index in [0.29, 0.717) is 33.5 Å². The maximum atomic E-state index is 13.0. The highest BCUT2D eigenvalue weighted by Crippen LogP contribution is 2.31. The smallest absolute Gasteiger partial charge is 0.262 e. The first-order chi connectivity index (χ1) is 19.9. The van der Waals surface area contributed by atoms with Crippen molar-refractivity contribution in [3.8, 4) is 11.5 Å². The number of hydrogen-bond acceptors (Lipinski definition) is 7. The van der Waals surface area contributed by atoms with Gasteiger partial charge in [-0.05, 0) is 72.3 Å². The lowest BCUT2D eigenvalue weighted by Gasteiger charge is -2.23. The van der Waals surface area contributed by atoms with Crippen LogP contribution in [0.5, 0.6) is 11.5 Å². The van der Waals surface area contributed by atoms with Gasteiger partial charge in [0.2, 0.25) is 10.0 Å². The van der Waals surface area contributed by atoms with Crippen molar-refractivity contribution in [3.05, 3.63) is 107 Å². The molecule has 0 aliphatic carbocycles. The molecule has 0 saturated carbocycles. The van der Waals surface area contributed by atoms with Crippen molar-refractivity contribution >= 4 is 54.6 Å². The fraction of sp³-hybridized carbons (Fsp3) is 0.138. The van der Waals surface area contributed by atoms with E-state index in [4.69, 9.17) is 21.1 Å². The molecule has 4 aromatic carbocycles. The number of methoxy groups -OCH3 is 2. The van der Waals surface area contributed by atoms with Crippen molar-refractivity contribution in [2.24, 2.45) is 0 Å². The van der Waals surface area contributed by atoms with Gasteiger partial charge in [0.1, 0.15) is 11.5 Å². The van der Waals surface area contributed by atoms with Crippen molar-refractivity contribution in [1.82, 2.24) is 0 Å². The first-order valence-electron chi connectivity index (χ1n) is 12.4. The monoisotopic (exact) mass is 629 g/mol. The van der Waals surface area contributed by atoms with Crippen LogP contribution in [0.3, 0.4) is 0 Å². The third kappa shape index (κ3) is 7.32. The highest BCUT2D eigenvalue weighted by atomic mass is 35.5. The molecule has 0 spiro atoms. The van der Waals surface area contributed by atoms with Gasteiger partial charge < -0.3 is 14.8 Å². The van der Waals surface area contributed by atoms with Gasteiger partial charge in [-0.1, -0.05) is 29.8 Å². The molecule has 13 heteroatoms. The summed E-state index contributed by atoms with van der Waals surface area (Å²) in [5.74, 6) is 0.301. The van der Waals surface area contributed by atoms with Gasteiger partial charge in [0.25, 0.3) is 15.9 Å². The second-order valence-corrected chi connectivity index (χ2v) is 13.1. The number of amides is 1. The Hall–Kier alpha value is -4.26. The third-order valence-electron chi connectivity index (χ3n) is 6.16. The van der Waals surface area contributed by atoms with Crippen molar-refractivity contribution < 1.29 is 31.1 Å². The molecule has 0 atom stereocenters. The molecule has 1 amide bonds. The van der Waals surface area contributed by atoms with E-state index in [-0.39, 0.29) is 22.7 Å². The zero-order valence-electron chi connectivity index (χ0n) is 22.9. The Kier molecular flexibility index (Phi) is 9.30. The number of halogens is 1. The van der Waals surface area contributed by atoms with E-state index in [2.05, 4.69) is 10.0 Å². The van der Waals surface area contributed by atoms with Gasteiger partial charge in [-0.15, -0.1) is 0 Å². The molecule has 2 N–H and O–H groups in total. The molecule has 0 unspecified atom stereocenters. The molecule has 10 nitrogen and oxygen atoms in total. The molecule has 0 heterocycles. The molecular formula is C29H28ClN3O7S2. The summed E-state index contributed by atoms with van der Waals surface area (Å²) in [5.41, 5.74) is 1.84. The maximum absolute atomic E-state index is 13.0. The van der Waals surface area contributed by atoms with E-state index in [9.17, 15) is 21.6 Å². The summed E-state index contributed by atoms with van der Waals surface area (Å²) in [6.45, 7) is 0.0265. The standard InChI is InChI=1S/C29H28ClN3O7S2/c1-39-24-14-17-28(40-2)27(18-24)32-42(37,38)25-15-10-22(11-16-25)31-29(34)20-8-12-23(13-9-20)33(41(3,35)36)19-21-6-4-5-7-26(21)30/h4-18,32H,19H2,1-3H3,(H,31,34). The van der Waals surface area contributed by atoms with E-state index in [1.165, 1.54) is 73.1 Å². The third-order valence-corrected chi connectivity index (χ3v) is 9.05. The summed E-state index contributed by atoms with van der Waals surface area (Å²) in [5, 5.41) is 3.15. The van der Waals surface area contributed by atoms with Crippen LogP contribution < -0.4 is 23.8 Å². The van der Waals surface area contributed by atoms with E-state index in [1.54, 1.807) is 36.4 Å². The highest BCUT2D eigenvalue weighted by molar-refractivity contribution is 7.92. The summed E-state index contributed by atoms with van der Waals surface area (Å²) < 4.78 is 65.0. The van der Waals surface area contributed by atoms with Crippen LogP contribution in [0.2, 0.25) is 5.02 Å². The van der Waals surface area contributed by atoms with Gasteiger partial charge in [-0.2, -0.15) is 0 Å². The lowest BCUT2D eigenvalue weighted by Crippen LogP contribution is -2.29. The number of benzene rings is 4. The van der Waals surface area contributed by atoms with Crippen molar-refractivity contribution in [3.63, 3.8) is 0 Å². The van der Waals surface area contributed by atoms with Crippen LogP contribution in [0.25, 0.3) is 0 Å². The zero-order valence-corrected chi connectivity index (χ0v) is 25.3. The SMILES string of the molecule is COc1ccc(OC)c(NS(=O)(=O)c2ccc(NC(=O)c3ccc(N(Cc4ccccc4Cl)S(C)(=O)=O)cc3)cc2)c1. The molecule has 0 saturated heterocycles. The molecule has 0 fully saturated rings. The van der Waals surface area contributed by atoms with Crippen molar-refractivity contribution in [2.45, 2.75) is 11.4 Å².